The highest BCUT2D eigenvalue weighted by Crippen LogP contribution is 2.50. The number of hydrogen-bond acceptors (Lipinski definition) is 13. The number of carbonyl (C=O) groups excluding carboxylic acids is 12. The van der Waals surface area contributed by atoms with E-state index in [9.17, 15) is 55.1 Å². The summed E-state index contributed by atoms with van der Waals surface area (Å²) in [5.41, 5.74) is -2.30. The van der Waals surface area contributed by atoms with E-state index >= 15 is 28.8 Å². The number of likely N-dealkylation sites (N-methyl/N-ethyl adjacent to an activating group) is 7. The topological polar surface area (TPSA) is 279 Å². The van der Waals surface area contributed by atoms with Gasteiger partial charge in [-0.3, -0.25) is 57.5 Å². The predicted molar refractivity (Wildman–Crippen MR) is 392 cm³/mol. The Bertz CT molecular complexity index is 3230. The van der Waals surface area contributed by atoms with Gasteiger partial charge in [0.25, 0.3) is 0 Å². The Morgan fingerprint density at radius 3 is 1.81 bits per heavy atom. The van der Waals surface area contributed by atoms with Crippen molar-refractivity contribution in [3.05, 3.63) is 12.2 Å². The zero-order valence-electron chi connectivity index (χ0n) is 66.4. The molecule has 2 saturated heterocycles. The van der Waals surface area contributed by atoms with E-state index in [-0.39, 0.29) is 116 Å². The number of rotatable bonds is 14. The Balaban J connectivity index is 1.50. The first-order valence-corrected chi connectivity index (χ1v) is 39.1. The molecule has 13 atom stereocenters. The van der Waals surface area contributed by atoms with Crippen molar-refractivity contribution in [2.75, 3.05) is 89.2 Å². The summed E-state index contributed by atoms with van der Waals surface area (Å²) in [7, 11) is 11.0. The molecule has 6 aliphatic rings. The highest BCUT2D eigenvalue weighted by Gasteiger charge is 2.59. The van der Waals surface area contributed by atoms with Gasteiger partial charge >= 0.3 is 12.4 Å². The third kappa shape index (κ3) is 21.9. The summed E-state index contributed by atoms with van der Waals surface area (Å²) in [4.78, 5) is 192. The van der Waals surface area contributed by atoms with Crippen LogP contribution < -0.4 is 16.0 Å². The molecule has 3 heterocycles. The van der Waals surface area contributed by atoms with E-state index in [0.717, 1.165) is 24.5 Å². The van der Waals surface area contributed by atoms with E-state index in [4.69, 9.17) is 16.3 Å². The maximum atomic E-state index is 15.8. The maximum Gasteiger partial charge on any atom is 0.393 e. The SMILES string of the molecule is CCO[C@@H]1C[C@H]2C(=O)NC3(CC(C)(C)C3)C(=O)N(C)[C@@H](C(CC)CC)C(=O)N(C)[C@H](C(=O)N(C)C)CC(=O)N(C)[C@@H](C(C)C)C(=O)N[C@@H]([C@@H](C)CC)C(=O)N(C)CC(=O)N(C)[C@H]3C/C=C\CCN(C3=O)[C@@H](CC3CCC(C(F)(F)F)CC3)C(=O)N(C)CC(=O)N[C@@H](CCC3CCC(C(F)(F)F)C(Cl)C3)C(=O)N2C1. The van der Waals surface area contributed by atoms with E-state index in [1.165, 1.54) is 76.0 Å². The van der Waals surface area contributed by atoms with Crippen LogP contribution in [-0.4, -0.2) is 282 Å². The average molecular weight is 1560 g/mol. The number of halogens is 7. The minimum Gasteiger partial charge on any atom is -0.377 e. The van der Waals surface area contributed by atoms with Gasteiger partial charge in [0, 0.05) is 87.9 Å². The molecule has 3 saturated carbocycles. The van der Waals surface area contributed by atoms with Crippen molar-refractivity contribution in [1.82, 2.24) is 60.0 Å². The number of nitrogens with zero attached hydrogens (tertiary/aromatic N) is 9. The number of ether oxygens (including phenoxy) is 1. The van der Waals surface area contributed by atoms with Crippen molar-refractivity contribution in [3.8, 4) is 0 Å². The Hall–Kier alpha value is -6.79. The van der Waals surface area contributed by atoms with Crippen LogP contribution in [0.15, 0.2) is 12.2 Å². The first-order valence-electron chi connectivity index (χ1n) is 38.6. The van der Waals surface area contributed by atoms with Gasteiger partial charge in [0.15, 0.2) is 0 Å². The zero-order chi connectivity index (χ0) is 81.2. The van der Waals surface area contributed by atoms with Crippen LogP contribution in [0, 0.1) is 46.8 Å². The fourth-order valence-electron chi connectivity index (χ4n) is 17.4. The standard InChI is InChI=1S/C76H121ClF6N12O13/c1-18-45(7)61-70(105)89(13)41-60(98)90(14)54-25-23-22-24-34-94(69(54)104)57(36-47-26-30-49(31-27-47)75(78,79)80)68(103)88(12)40-58(96)84-53(33-29-46-28-32-51(52(77)35-46)76(81,82)83)66(101)95-39-50(108-21-4)37-55(95)64(99)86-74(42-73(8,9)43-74)72(107)93(17)63(48(19-2)20-3)71(106)91(15)56(67(102)87(10)11)38-59(97)92(16)62(44(5)6)65(100)85-61/h22-23,44-57,61-63H,18-21,24-43H2,1-17H3,(H,84,96)(H,85,100)(H,86,99)/b23-22-/t45-,46?,47?,49?,50+,51?,52?,53-,54-,55-,56-,57-,61-,62-,63-/m0/s1. The summed E-state index contributed by atoms with van der Waals surface area (Å²) in [6.45, 7) is 14.4. The summed E-state index contributed by atoms with van der Waals surface area (Å²) in [6, 6.07) is -11.1. The first kappa shape index (κ1) is 90.1. The van der Waals surface area contributed by atoms with Crippen LogP contribution in [0.4, 0.5) is 26.3 Å². The van der Waals surface area contributed by atoms with Crippen LogP contribution in [0.3, 0.4) is 0 Å². The number of nitrogens with one attached hydrogen (secondary N) is 3. The van der Waals surface area contributed by atoms with Crippen molar-refractivity contribution in [1.29, 1.82) is 0 Å². The van der Waals surface area contributed by atoms with Gasteiger partial charge in [0.2, 0.25) is 70.9 Å². The molecular formula is C76H121ClF6N12O13. The molecule has 2 bridgehead atoms. The van der Waals surface area contributed by atoms with Crippen molar-refractivity contribution in [2.24, 2.45) is 46.8 Å². The van der Waals surface area contributed by atoms with Crippen molar-refractivity contribution >= 4 is 82.5 Å². The second kappa shape index (κ2) is 38.0. The van der Waals surface area contributed by atoms with Gasteiger partial charge in [-0.15, -0.1) is 11.6 Å². The lowest BCUT2D eigenvalue weighted by atomic mass is 9.58. The summed E-state index contributed by atoms with van der Waals surface area (Å²) >= 11 is 6.44. The van der Waals surface area contributed by atoms with Crippen LogP contribution in [0.5, 0.6) is 0 Å². The van der Waals surface area contributed by atoms with Crippen molar-refractivity contribution < 1.29 is 88.6 Å². The third-order valence-electron chi connectivity index (χ3n) is 23.8. The Morgan fingerprint density at radius 2 is 1.26 bits per heavy atom. The van der Waals surface area contributed by atoms with E-state index in [0.29, 0.717) is 19.3 Å². The van der Waals surface area contributed by atoms with E-state index in [1.54, 1.807) is 46.8 Å². The fraction of sp³-hybridized carbons (Fsp3) is 0.816. The van der Waals surface area contributed by atoms with Gasteiger partial charge in [-0.05, 0) is 132 Å². The summed E-state index contributed by atoms with van der Waals surface area (Å²) in [6.07, 6.45) is -7.02. The van der Waals surface area contributed by atoms with Gasteiger partial charge in [-0.25, -0.2) is 0 Å². The molecule has 12 amide bonds. The highest BCUT2D eigenvalue weighted by molar-refractivity contribution is 6.21. The van der Waals surface area contributed by atoms with E-state index < -0.39 is 215 Å². The lowest BCUT2D eigenvalue weighted by molar-refractivity contribution is -0.184. The summed E-state index contributed by atoms with van der Waals surface area (Å²) < 4.78 is 91.0. The molecule has 32 heteroatoms. The Labute approximate surface area is 638 Å². The lowest BCUT2D eigenvalue weighted by Gasteiger charge is -2.54. The van der Waals surface area contributed by atoms with Gasteiger partial charge in [0.05, 0.1) is 37.5 Å². The molecule has 3 unspecified atom stereocenters. The Kier molecular flexibility index (Phi) is 31.7. The third-order valence-corrected chi connectivity index (χ3v) is 24.3. The van der Waals surface area contributed by atoms with Crippen LogP contribution in [0.2, 0.25) is 0 Å². The van der Waals surface area contributed by atoms with Gasteiger partial charge in [-0.2, -0.15) is 26.3 Å². The predicted octanol–water partition coefficient (Wildman–Crippen LogP) is 7.16. The number of alkyl halides is 7. The van der Waals surface area contributed by atoms with Gasteiger partial charge in [-0.1, -0.05) is 86.8 Å². The van der Waals surface area contributed by atoms with Crippen LogP contribution in [-0.2, 0) is 62.3 Å². The lowest BCUT2D eigenvalue weighted by Crippen LogP contribution is -2.71. The number of carbonyl (C=O) groups is 12. The van der Waals surface area contributed by atoms with Crippen LogP contribution in [0.1, 0.15) is 184 Å². The highest BCUT2D eigenvalue weighted by atomic mass is 35.5. The minimum absolute atomic E-state index is 0.0304. The van der Waals surface area contributed by atoms with Crippen LogP contribution in [0.25, 0.3) is 0 Å². The quantitative estimate of drug-likeness (QED) is 0.0885. The summed E-state index contributed by atoms with van der Waals surface area (Å²) in [5.74, 6) is -15.2. The molecule has 3 aliphatic carbocycles. The number of amides is 12. The molecule has 25 nitrogen and oxygen atoms in total. The molecule has 3 aliphatic heterocycles. The van der Waals surface area contributed by atoms with E-state index in [1.807, 2.05) is 27.7 Å². The van der Waals surface area contributed by atoms with Gasteiger partial charge in [0.1, 0.15) is 53.9 Å². The largest absolute Gasteiger partial charge is 0.393 e. The smallest absolute Gasteiger partial charge is 0.377 e. The molecule has 6 rings (SSSR count). The number of hydrogen-bond donors (Lipinski definition) is 3. The van der Waals surface area contributed by atoms with Gasteiger partial charge < -0.3 is 64.8 Å². The molecule has 3 N–H and O–H groups in total. The molecular weight excluding hydrogens is 1440 g/mol. The van der Waals surface area contributed by atoms with Crippen LogP contribution >= 0.6 is 11.6 Å². The number of fused-ring (bicyclic) bond motifs is 3. The normalized spacial score (nSPS) is 30.9. The monoisotopic (exact) mass is 1560 g/mol. The Morgan fingerprint density at radius 1 is 0.648 bits per heavy atom. The molecule has 0 aromatic heterocycles. The molecule has 1 spiro atoms. The van der Waals surface area contributed by atoms with Crippen molar-refractivity contribution in [3.63, 3.8) is 0 Å². The summed E-state index contributed by atoms with van der Waals surface area (Å²) in [5, 5.41) is 7.34. The van der Waals surface area contributed by atoms with E-state index in [2.05, 4.69) is 16.0 Å². The maximum absolute atomic E-state index is 15.8. The molecule has 0 aromatic rings. The molecule has 5 fully saturated rings. The molecule has 0 radical (unpaired) electrons. The average Bonchev–Trinajstić information content (AvgIpc) is 0.911. The first-order chi connectivity index (χ1) is 50.3. The molecule has 108 heavy (non-hydrogen) atoms. The second-order valence-electron chi connectivity index (χ2n) is 32.8. The second-order valence-corrected chi connectivity index (χ2v) is 33.4. The fourth-order valence-corrected chi connectivity index (χ4v) is 17.9. The minimum atomic E-state index is -4.58. The zero-order valence-corrected chi connectivity index (χ0v) is 67.2. The molecule has 0 aromatic carbocycles. The molecule has 612 valence electrons. The van der Waals surface area contributed by atoms with Crippen molar-refractivity contribution in [2.45, 2.75) is 262 Å².